The van der Waals surface area contributed by atoms with Crippen LogP contribution >= 0.6 is 11.6 Å². The third-order valence-corrected chi connectivity index (χ3v) is 7.47. The Morgan fingerprint density at radius 3 is 2.14 bits per heavy atom. The average Bonchev–Trinajstić information content (AvgIpc) is 3.11. The van der Waals surface area contributed by atoms with E-state index in [1.54, 1.807) is 0 Å². The van der Waals surface area contributed by atoms with Gasteiger partial charge in [-0.1, -0.05) is 69.6 Å². The van der Waals surface area contributed by atoms with Crippen LogP contribution in [0.2, 0.25) is 5.02 Å². The molecule has 150 valence electrons. The van der Waals surface area contributed by atoms with Gasteiger partial charge in [0.2, 0.25) is 0 Å². The summed E-state index contributed by atoms with van der Waals surface area (Å²) in [6.07, 6.45) is 3.52. The molecule has 1 nitrogen and oxygen atoms in total. The van der Waals surface area contributed by atoms with Crippen LogP contribution in [-0.2, 0) is 11.8 Å². The van der Waals surface area contributed by atoms with Gasteiger partial charge in [0, 0.05) is 28.2 Å². The predicted octanol–water partition coefficient (Wildman–Crippen LogP) is 7.46. The van der Waals surface area contributed by atoms with Gasteiger partial charge >= 0.3 is 0 Å². The number of rotatable bonds is 3. The smallest absolute Gasteiger partial charge is 0.0441 e. The Labute approximate surface area is 176 Å². The van der Waals surface area contributed by atoms with Crippen LogP contribution in [0.25, 0.3) is 0 Å². The molecule has 1 fully saturated rings. The summed E-state index contributed by atoms with van der Waals surface area (Å²) < 4.78 is 0. The van der Waals surface area contributed by atoms with Crippen LogP contribution in [-0.4, -0.2) is 12.1 Å². The Bertz CT molecular complexity index is 869. The van der Waals surface area contributed by atoms with Crippen molar-refractivity contribution in [1.29, 1.82) is 0 Å². The predicted molar refractivity (Wildman–Crippen MR) is 122 cm³/mol. The van der Waals surface area contributed by atoms with E-state index in [0.29, 0.717) is 11.8 Å². The SMILES string of the molecule is CC(C)c1cccc(C(C)C)c1N1CC2(CCc3c(Cl)cccc32)CC1(C)C. The topological polar surface area (TPSA) is 3.24 Å². The highest BCUT2D eigenvalue weighted by Gasteiger charge is 2.52. The van der Waals surface area contributed by atoms with Crippen molar-refractivity contribution >= 4 is 17.3 Å². The minimum Gasteiger partial charge on any atom is -0.365 e. The Morgan fingerprint density at radius 2 is 1.54 bits per heavy atom. The average molecular weight is 396 g/mol. The van der Waals surface area contributed by atoms with E-state index in [-0.39, 0.29) is 11.0 Å². The van der Waals surface area contributed by atoms with Crippen LogP contribution in [0.1, 0.15) is 88.5 Å². The molecule has 0 radical (unpaired) electrons. The van der Waals surface area contributed by atoms with E-state index in [2.05, 4.69) is 82.8 Å². The largest absolute Gasteiger partial charge is 0.365 e. The monoisotopic (exact) mass is 395 g/mol. The van der Waals surface area contributed by atoms with E-state index in [1.165, 1.54) is 40.8 Å². The highest BCUT2D eigenvalue weighted by Crippen LogP contribution is 2.54. The second kappa shape index (κ2) is 6.80. The van der Waals surface area contributed by atoms with Crippen LogP contribution in [0.3, 0.4) is 0 Å². The molecule has 0 saturated carbocycles. The molecule has 1 spiro atoms. The van der Waals surface area contributed by atoms with Crippen molar-refractivity contribution in [2.75, 3.05) is 11.4 Å². The zero-order valence-electron chi connectivity index (χ0n) is 18.3. The summed E-state index contributed by atoms with van der Waals surface area (Å²) in [4.78, 5) is 2.74. The minimum atomic E-state index is 0.124. The summed E-state index contributed by atoms with van der Waals surface area (Å²) in [6.45, 7) is 15.3. The summed E-state index contributed by atoms with van der Waals surface area (Å²) in [7, 11) is 0. The highest BCUT2D eigenvalue weighted by molar-refractivity contribution is 6.31. The normalized spacial score (nSPS) is 23.2. The highest BCUT2D eigenvalue weighted by atomic mass is 35.5. The van der Waals surface area contributed by atoms with Gasteiger partial charge in [0.15, 0.2) is 0 Å². The Hall–Kier alpha value is -1.47. The van der Waals surface area contributed by atoms with Crippen molar-refractivity contribution in [3.05, 3.63) is 63.7 Å². The fourth-order valence-corrected chi connectivity index (χ4v) is 6.13. The third kappa shape index (κ3) is 2.98. The summed E-state index contributed by atoms with van der Waals surface area (Å²) in [5.74, 6) is 1.04. The lowest BCUT2D eigenvalue weighted by atomic mass is 9.77. The number of fused-ring (bicyclic) bond motifs is 2. The molecule has 2 aromatic rings. The molecule has 2 heteroatoms. The van der Waals surface area contributed by atoms with E-state index in [9.17, 15) is 0 Å². The molecule has 1 heterocycles. The van der Waals surface area contributed by atoms with Crippen LogP contribution < -0.4 is 4.90 Å². The van der Waals surface area contributed by atoms with Gasteiger partial charge in [0.25, 0.3) is 0 Å². The van der Waals surface area contributed by atoms with E-state index in [1.807, 2.05) is 0 Å². The summed E-state index contributed by atoms with van der Waals surface area (Å²) in [6, 6.07) is 13.5. The number of benzene rings is 2. The molecular formula is C26H34ClN. The van der Waals surface area contributed by atoms with Crippen LogP contribution in [0, 0.1) is 0 Å². The van der Waals surface area contributed by atoms with Crippen molar-refractivity contribution in [1.82, 2.24) is 0 Å². The third-order valence-electron chi connectivity index (χ3n) is 7.12. The van der Waals surface area contributed by atoms with Crippen LogP contribution in [0.15, 0.2) is 36.4 Å². The number of anilines is 1. The number of halogens is 1. The van der Waals surface area contributed by atoms with Crippen molar-refractivity contribution in [2.45, 2.75) is 83.6 Å². The molecule has 0 N–H and O–H groups in total. The van der Waals surface area contributed by atoms with Gasteiger partial charge < -0.3 is 4.90 Å². The van der Waals surface area contributed by atoms with Crippen molar-refractivity contribution < 1.29 is 0 Å². The number of para-hydroxylation sites is 1. The van der Waals surface area contributed by atoms with Gasteiger partial charge in [-0.15, -0.1) is 0 Å². The number of nitrogens with zero attached hydrogens (tertiary/aromatic N) is 1. The molecule has 1 saturated heterocycles. The molecule has 28 heavy (non-hydrogen) atoms. The first-order valence-electron chi connectivity index (χ1n) is 10.8. The van der Waals surface area contributed by atoms with E-state index in [0.717, 1.165) is 18.0 Å². The lowest BCUT2D eigenvalue weighted by Crippen LogP contribution is -2.39. The maximum Gasteiger partial charge on any atom is 0.0441 e. The van der Waals surface area contributed by atoms with Crippen molar-refractivity contribution in [3.63, 3.8) is 0 Å². The Balaban J connectivity index is 1.85. The van der Waals surface area contributed by atoms with Crippen molar-refractivity contribution in [2.24, 2.45) is 0 Å². The molecule has 1 aliphatic carbocycles. The molecule has 1 atom stereocenters. The van der Waals surface area contributed by atoms with Gasteiger partial charge in [-0.3, -0.25) is 0 Å². The summed E-state index contributed by atoms with van der Waals surface area (Å²) in [5.41, 5.74) is 7.71. The standard InChI is InChI=1S/C26H34ClN/c1-17(2)19-9-7-10-20(18(3)4)24(19)28-16-26(15-25(28,5)6)14-13-21-22(26)11-8-12-23(21)27/h7-12,17-18H,13-16H2,1-6H3. The van der Waals surface area contributed by atoms with Crippen molar-refractivity contribution in [3.8, 4) is 0 Å². The molecule has 2 aliphatic rings. The molecule has 4 rings (SSSR count). The zero-order valence-corrected chi connectivity index (χ0v) is 19.0. The fraction of sp³-hybridized carbons (Fsp3) is 0.538. The Morgan fingerprint density at radius 1 is 0.929 bits per heavy atom. The van der Waals surface area contributed by atoms with Crippen LogP contribution in [0.4, 0.5) is 5.69 Å². The molecule has 0 amide bonds. The van der Waals surface area contributed by atoms with Crippen LogP contribution in [0.5, 0.6) is 0 Å². The van der Waals surface area contributed by atoms with E-state index >= 15 is 0 Å². The minimum absolute atomic E-state index is 0.124. The van der Waals surface area contributed by atoms with Gasteiger partial charge in [-0.25, -0.2) is 0 Å². The molecule has 1 unspecified atom stereocenters. The fourth-order valence-electron chi connectivity index (χ4n) is 5.86. The molecule has 1 aliphatic heterocycles. The van der Waals surface area contributed by atoms with Gasteiger partial charge in [-0.2, -0.15) is 0 Å². The number of hydrogen-bond acceptors (Lipinski definition) is 1. The quantitative estimate of drug-likeness (QED) is 0.521. The van der Waals surface area contributed by atoms with Gasteiger partial charge in [0.05, 0.1) is 0 Å². The van der Waals surface area contributed by atoms with E-state index < -0.39 is 0 Å². The molecule has 0 aromatic heterocycles. The summed E-state index contributed by atoms with van der Waals surface area (Å²) >= 11 is 6.58. The maximum absolute atomic E-state index is 6.58. The van der Waals surface area contributed by atoms with Gasteiger partial charge in [-0.05, 0) is 73.3 Å². The van der Waals surface area contributed by atoms with Gasteiger partial charge in [0.1, 0.15) is 0 Å². The summed E-state index contributed by atoms with van der Waals surface area (Å²) in [5, 5.41) is 0.955. The first-order valence-corrected chi connectivity index (χ1v) is 11.2. The Kier molecular flexibility index (Phi) is 4.82. The molecule has 2 aromatic carbocycles. The molecule has 0 bridgehead atoms. The first-order chi connectivity index (χ1) is 13.2. The number of hydrogen-bond donors (Lipinski definition) is 0. The lowest BCUT2D eigenvalue weighted by Gasteiger charge is -2.38. The lowest BCUT2D eigenvalue weighted by molar-refractivity contribution is 0.414. The molecular weight excluding hydrogens is 362 g/mol. The second-order valence-corrected chi connectivity index (χ2v) is 10.6. The van der Waals surface area contributed by atoms with E-state index in [4.69, 9.17) is 11.6 Å². The zero-order chi connectivity index (χ0) is 20.3. The maximum atomic E-state index is 6.58. The second-order valence-electron chi connectivity index (χ2n) is 10.2. The first kappa shape index (κ1) is 19.8.